The van der Waals surface area contributed by atoms with Crippen LogP contribution in [0.3, 0.4) is 0 Å². The van der Waals surface area contributed by atoms with Gasteiger partial charge in [0.1, 0.15) is 11.2 Å². The largest absolute Gasteiger partial charge is 0.293 e. The molecule has 0 unspecified atom stereocenters. The summed E-state index contributed by atoms with van der Waals surface area (Å²) in [5.74, 6) is -0.418. The van der Waals surface area contributed by atoms with Crippen molar-refractivity contribution in [1.82, 2.24) is 0 Å². The van der Waals surface area contributed by atoms with Gasteiger partial charge in [-0.3, -0.25) is 4.79 Å². The maximum atomic E-state index is 12.4. The number of thioether (sulfide) groups is 1. The average molecular weight is 195 g/mol. The first-order chi connectivity index (χ1) is 6.24. The standard InChI is InChI=1S/C9H6FNOS/c10-8-3-1-7(2-4-8)9(12)5-13-6-11/h1-4H,5H2. The smallest absolute Gasteiger partial charge is 0.173 e. The topological polar surface area (TPSA) is 40.9 Å². The zero-order chi connectivity index (χ0) is 9.68. The number of carbonyl (C=O) groups excluding carboxylic acids is 1. The molecule has 1 aromatic rings. The molecule has 1 aromatic carbocycles. The van der Waals surface area contributed by atoms with E-state index in [1.54, 1.807) is 5.40 Å². The number of rotatable bonds is 3. The van der Waals surface area contributed by atoms with E-state index in [4.69, 9.17) is 5.26 Å². The molecule has 0 aromatic heterocycles. The minimum absolute atomic E-state index is 0.113. The fourth-order valence-electron chi connectivity index (χ4n) is 0.817. The van der Waals surface area contributed by atoms with E-state index in [0.29, 0.717) is 5.56 Å². The Morgan fingerprint density at radius 1 is 1.46 bits per heavy atom. The Morgan fingerprint density at radius 2 is 2.08 bits per heavy atom. The fraction of sp³-hybridized carbons (Fsp3) is 0.111. The van der Waals surface area contributed by atoms with Gasteiger partial charge in [-0.2, -0.15) is 5.26 Å². The average Bonchev–Trinajstić information content (AvgIpc) is 2.15. The second-order valence-electron chi connectivity index (χ2n) is 2.31. The van der Waals surface area contributed by atoms with Crippen molar-refractivity contribution in [2.45, 2.75) is 0 Å². The molecule has 0 spiro atoms. The molecule has 0 saturated heterocycles. The lowest BCUT2D eigenvalue weighted by atomic mass is 10.1. The second-order valence-corrected chi connectivity index (χ2v) is 3.07. The molecule has 0 N–H and O–H groups in total. The summed E-state index contributed by atoms with van der Waals surface area (Å²) in [6, 6.07) is 5.28. The number of benzene rings is 1. The van der Waals surface area contributed by atoms with E-state index in [0.717, 1.165) is 11.8 Å². The third-order valence-corrected chi connectivity index (χ3v) is 1.97. The van der Waals surface area contributed by atoms with Crippen LogP contribution >= 0.6 is 11.8 Å². The van der Waals surface area contributed by atoms with E-state index in [1.165, 1.54) is 24.3 Å². The molecule has 66 valence electrons. The first-order valence-electron chi connectivity index (χ1n) is 3.53. The van der Waals surface area contributed by atoms with Crippen LogP contribution in [0, 0.1) is 16.5 Å². The third kappa shape index (κ3) is 2.88. The number of hydrogen-bond acceptors (Lipinski definition) is 3. The zero-order valence-electron chi connectivity index (χ0n) is 6.66. The van der Waals surface area contributed by atoms with E-state index < -0.39 is 0 Å². The van der Waals surface area contributed by atoms with E-state index in [1.807, 2.05) is 0 Å². The van der Waals surface area contributed by atoms with Gasteiger partial charge in [0.05, 0.1) is 5.75 Å². The highest BCUT2D eigenvalue weighted by atomic mass is 32.2. The van der Waals surface area contributed by atoms with Crippen molar-refractivity contribution in [2.24, 2.45) is 0 Å². The number of nitriles is 1. The lowest BCUT2D eigenvalue weighted by molar-refractivity contribution is 0.102. The van der Waals surface area contributed by atoms with Crippen LogP contribution in [0.4, 0.5) is 4.39 Å². The predicted octanol–water partition coefficient (Wildman–Crippen LogP) is 2.22. The monoisotopic (exact) mass is 195 g/mol. The SMILES string of the molecule is N#CSCC(=O)c1ccc(F)cc1. The summed E-state index contributed by atoms with van der Waals surface area (Å²) in [5, 5.41) is 10.0. The molecule has 1 rings (SSSR count). The molecule has 0 bridgehead atoms. The Morgan fingerprint density at radius 3 is 2.62 bits per heavy atom. The minimum Gasteiger partial charge on any atom is -0.293 e. The van der Waals surface area contributed by atoms with Crippen molar-refractivity contribution in [2.75, 3.05) is 5.75 Å². The first-order valence-corrected chi connectivity index (χ1v) is 4.52. The summed E-state index contributed by atoms with van der Waals surface area (Å²) in [5.41, 5.74) is 0.434. The maximum absolute atomic E-state index is 12.4. The van der Waals surface area contributed by atoms with Gasteiger partial charge in [0.15, 0.2) is 5.78 Å². The molecule has 0 aliphatic carbocycles. The number of carbonyl (C=O) groups is 1. The Bertz CT molecular complexity index is 342. The molecule has 2 nitrogen and oxygen atoms in total. The van der Waals surface area contributed by atoms with E-state index in [-0.39, 0.29) is 17.4 Å². The fourth-order valence-corrected chi connectivity index (χ4v) is 1.18. The van der Waals surface area contributed by atoms with Crippen LogP contribution in [0.25, 0.3) is 0 Å². The summed E-state index contributed by atoms with van der Waals surface area (Å²) in [7, 11) is 0. The molecule has 13 heavy (non-hydrogen) atoms. The van der Waals surface area contributed by atoms with Crippen molar-refractivity contribution in [3.8, 4) is 5.40 Å². The van der Waals surface area contributed by atoms with Crippen LogP contribution < -0.4 is 0 Å². The molecular weight excluding hydrogens is 189 g/mol. The first kappa shape index (κ1) is 9.75. The minimum atomic E-state index is -0.371. The van der Waals surface area contributed by atoms with Crippen LogP contribution in [0.2, 0.25) is 0 Å². The molecule has 0 aliphatic rings. The number of Topliss-reactive ketones (excluding diaryl/α,β-unsaturated/α-hetero) is 1. The van der Waals surface area contributed by atoms with Crippen LogP contribution in [-0.4, -0.2) is 11.5 Å². The second kappa shape index (κ2) is 4.63. The molecule has 0 saturated carbocycles. The molecule has 0 amide bonds. The Balaban J connectivity index is 2.68. The van der Waals surface area contributed by atoms with E-state index in [9.17, 15) is 9.18 Å². The van der Waals surface area contributed by atoms with Crippen molar-refractivity contribution in [1.29, 1.82) is 5.26 Å². The molecule has 0 aliphatic heterocycles. The van der Waals surface area contributed by atoms with Crippen LogP contribution in [-0.2, 0) is 0 Å². The Hall–Kier alpha value is -1.34. The van der Waals surface area contributed by atoms with Gasteiger partial charge >= 0.3 is 0 Å². The van der Waals surface area contributed by atoms with Crippen molar-refractivity contribution >= 4 is 17.5 Å². The van der Waals surface area contributed by atoms with Gasteiger partial charge in [-0.1, -0.05) is 0 Å². The Labute approximate surface area is 79.4 Å². The summed E-state index contributed by atoms with van der Waals surface area (Å²) in [6.45, 7) is 0. The van der Waals surface area contributed by atoms with Gasteiger partial charge in [0.25, 0.3) is 0 Å². The van der Waals surface area contributed by atoms with E-state index in [2.05, 4.69) is 0 Å². The molecule has 0 fully saturated rings. The molecule has 0 atom stereocenters. The van der Waals surface area contributed by atoms with Gasteiger partial charge in [-0.25, -0.2) is 4.39 Å². The number of ketones is 1. The molecule has 4 heteroatoms. The Kier molecular flexibility index (Phi) is 3.47. The highest BCUT2D eigenvalue weighted by Crippen LogP contribution is 2.07. The quantitative estimate of drug-likeness (QED) is 0.548. The van der Waals surface area contributed by atoms with Crippen LogP contribution in [0.15, 0.2) is 24.3 Å². The summed E-state index contributed by atoms with van der Waals surface area (Å²) >= 11 is 0.878. The van der Waals surface area contributed by atoms with Gasteiger partial charge < -0.3 is 0 Å². The molecule has 0 radical (unpaired) electrons. The van der Waals surface area contributed by atoms with Crippen LogP contribution in [0.5, 0.6) is 0 Å². The third-order valence-electron chi connectivity index (χ3n) is 1.43. The van der Waals surface area contributed by atoms with Crippen molar-refractivity contribution in [3.05, 3.63) is 35.6 Å². The number of halogens is 1. The lowest BCUT2D eigenvalue weighted by Crippen LogP contribution is -2.01. The van der Waals surface area contributed by atoms with E-state index >= 15 is 0 Å². The number of hydrogen-bond donors (Lipinski definition) is 0. The number of thiocyanates is 1. The van der Waals surface area contributed by atoms with Crippen LogP contribution in [0.1, 0.15) is 10.4 Å². The molecule has 0 heterocycles. The van der Waals surface area contributed by atoms with Gasteiger partial charge in [-0.15, -0.1) is 0 Å². The summed E-state index contributed by atoms with van der Waals surface area (Å²) in [6.07, 6.45) is 0. The van der Waals surface area contributed by atoms with Gasteiger partial charge in [0, 0.05) is 5.56 Å². The molecular formula is C9H6FNOS. The normalized spacial score (nSPS) is 9.23. The zero-order valence-corrected chi connectivity index (χ0v) is 7.47. The van der Waals surface area contributed by atoms with Gasteiger partial charge in [0.2, 0.25) is 0 Å². The van der Waals surface area contributed by atoms with Crippen molar-refractivity contribution in [3.63, 3.8) is 0 Å². The predicted molar refractivity (Wildman–Crippen MR) is 48.8 cm³/mol. The maximum Gasteiger partial charge on any atom is 0.173 e. The lowest BCUT2D eigenvalue weighted by Gasteiger charge is -1.96. The highest BCUT2D eigenvalue weighted by molar-refractivity contribution is 8.04. The number of nitrogens with zero attached hydrogens (tertiary/aromatic N) is 1. The van der Waals surface area contributed by atoms with Gasteiger partial charge in [-0.05, 0) is 36.0 Å². The summed E-state index contributed by atoms with van der Waals surface area (Å²) < 4.78 is 12.4. The summed E-state index contributed by atoms with van der Waals surface area (Å²) in [4.78, 5) is 11.2. The van der Waals surface area contributed by atoms with Crippen molar-refractivity contribution < 1.29 is 9.18 Å². The highest BCUT2D eigenvalue weighted by Gasteiger charge is 2.04.